The number of amides is 1. The summed E-state index contributed by atoms with van der Waals surface area (Å²) in [5.41, 5.74) is 0. The molecule has 0 aliphatic carbocycles. The molecule has 1 unspecified atom stereocenters. The predicted molar refractivity (Wildman–Crippen MR) is 41.3 cm³/mol. The van der Waals surface area contributed by atoms with Crippen LogP contribution in [0.5, 0.6) is 0 Å². The zero-order valence-electron chi connectivity index (χ0n) is 5.05. The van der Waals surface area contributed by atoms with Gasteiger partial charge in [0.2, 0.25) is 0 Å². The van der Waals surface area contributed by atoms with Gasteiger partial charge >= 0.3 is 0 Å². The lowest BCUT2D eigenvalue weighted by Crippen LogP contribution is -2.07. The quantitative estimate of drug-likeness (QED) is 0.375. The van der Waals surface area contributed by atoms with Crippen molar-refractivity contribution >= 4 is 29.8 Å². The van der Waals surface area contributed by atoms with Crippen LogP contribution in [0.15, 0.2) is 10.9 Å². The fourth-order valence-electron chi connectivity index (χ4n) is 0.584. The van der Waals surface area contributed by atoms with Crippen molar-refractivity contribution in [2.45, 2.75) is 6.92 Å². The Bertz CT molecular complexity index is 209. The van der Waals surface area contributed by atoms with E-state index in [9.17, 15) is 4.79 Å². The summed E-state index contributed by atoms with van der Waals surface area (Å²) >= 11 is 0. The lowest BCUT2D eigenvalue weighted by molar-refractivity contribution is -0.114. The van der Waals surface area contributed by atoms with Crippen LogP contribution in [0.3, 0.4) is 0 Å². The second-order valence-corrected chi connectivity index (χ2v) is 3.41. The van der Waals surface area contributed by atoms with Crippen LogP contribution < -0.4 is 4.72 Å². The molecule has 0 spiro atoms. The predicted octanol–water partition coefficient (Wildman–Crippen LogP) is 0.132. The number of hydrogen-bond acceptors (Lipinski definition) is 1. The topological polar surface area (TPSA) is 29.1 Å². The molecule has 0 fully saturated rings. The van der Waals surface area contributed by atoms with E-state index in [0.29, 0.717) is 4.80 Å². The molecule has 2 nitrogen and oxygen atoms in total. The van der Waals surface area contributed by atoms with E-state index in [4.69, 9.17) is 7.85 Å². The first-order chi connectivity index (χ1) is 4.24. The molecule has 1 N–H and O–H groups in total. The van der Waals surface area contributed by atoms with Gasteiger partial charge in [-0.1, -0.05) is 10.7 Å². The highest BCUT2D eigenvalue weighted by molar-refractivity contribution is 8.18. The van der Waals surface area contributed by atoms with Crippen molar-refractivity contribution in [1.82, 2.24) is 4.72 Å². The van der Waals surface area contributed by atoms with Crippen LogP contribution >= 0.6 is 10.7 Å². The fourth-order valence-corrected chi connectivity index (χ4v) is 1.60. The van der Waals surface area contributed by atoms with E-state index >= 15 is 0 Å². The molecule has 0 bridgehead atoms. The van der Waals surface area contributed by atoms with Crippen molar-refractivity contribution in [3.63, 3.8) is 0 Å². The average molecular weight is 139 g/mol. The molecule has 0 saturated carbocycles. The van der Waals surface area contributed by atoms with Gasteiger partial charge in [0, 0.05) is 6.08 Å². The minimum atomic E-state index is -0.295. The summed E-state index contributed by atoms with van der Waals surface area (Å²) in [5, 5.41) is 1.87. The molecule has 0 aromatic heterocycles. The van der Waals surface area contributed by atoms with Gasteiger partial charge in [-0.25, -0.2) is 0 Å². The van der Waals surface area contributed by atoms with Crippen molar-refractivity contribution in [2.75, 3.05) is 0 Å². The van der Waals surface area contributed by atoms with E-state index in [2.05, 4.69) is 4.72 Å². The molecule has 0 saturated heterocycles. The summed E-state index contributed by atoms with van der Waals surface area (Å²) in [7, 11) is 5.14. The second-order valence-electron chi connectivity index (χ2n) is 1.59. The molecule has 1 atom stereocenters. The Labute approximate surface area is 57.8 Å². The number of hydrogen-bond donors (Lipinski definition) is 1. The molecule has 9 heavy (non-hydrogen) atoms. The smallest absolute Gasteiger partial charge is 0.253 e. The maximum atomic E-state index is 10.5. The van der Waals surface area contributed by atoms with Crippen LogP contribution in [0.2, 0.25) is 0 Å². The van der Waals surface area contributed by atoms with Crippen molar-refractivity contribution in [1.29, 1.82) is 0 Å². The largest absolute Gasteiger partial charge is 0.300 e. The van der Waals surface area contributed by atoms with Gasteiger partial charge in [-0.3, -0.25) is 9.52 Å². The number of rotatable bonds is 0. The Morgan fingerprint density at radius 2 is 2.56 bits per heavy atom. The molecule has 0 aromatic carbocycles. The maximum Gasteiger partial charge on any atom is 0.253 e. The van der Waals surface area contributed by atoms with Gasteiger partial charge in [0.1, 0.15) is 7.85 Å². The molecule has 1 aliphatic heterocycles. The van der Waals surface area contributed by atoms with E-state index in [1.807, 2.05) is 12.3 Å². The molecule has 1 heterocycles. The van der Waals surface area contributed by atoms with Crippen molar-refractivity contribution in [3.8, 4) is 0 Å². The van der Waals surface area contributed by atoms with Crippen LogP contribution in [-0.2, 0) is 4.79 Å². The van der Waals surface area contributed by atoms with E-state index < -0.39 is 0 Å². The summed E-state index contributed by atoms with van der Waals surface area (Å²) in [6.07, 6.45) is 1.42. The van der Waals surface area contributed by atoms with Gasteiger partial charge in [-0.15, -0.1) is 0 Å². The first-order valence-electron chi connectivity index (χ1n) is 2.54. The Balaban J connectivity index is 2.89. The fraction of sp³-hybridized carbons (Fsp3) is 0.200. The monoisotopic (exact) mass is 139 g/mol. The molecule has 0 aromatic rings. The Hall–Kier alpha value is -0.505. The Morgan fingerprint density at radius 1 is 1.89 bits per heavy atom. The highest BCUT2D eigenvalue weighted by Crippen LogP contribution is 2.21. The summed E-state index contributed by atoms with van der Waals surface area (Å²) in [5.74, 6) is -0.0890. The SMILES string of the molecule is [B]C1=CC(=O)N/S1=C\C. The van der Waals surface area contributed by atoms with Gasteiger partial charge in [-0.05, 0) is 17.1 Å². The molecule has 46 valence electrons. The van der Waals surface area contributed by atoms with Crippen molar-refractivity contribution < 1.29 is 4.79 Å². The zero-order valence-corrected chi connectivity index (χ0v) is 5.87. The van der Waals surface area contributed by atoms with Gasteiger partial charge in [0.05, 0.1) is 0 Å². The van der Waals surface area contributed by atoms with Gasteiger partial charge in [0.15, 0.2) is 0 Å². The van der Waals surface area contributed by atoms with Crippen LogP contribution in [0, 0.1) is 0 Å². The summed E-state index contributed by atoms with van der Waals surface area (Å²) in [6.45, 7) is 1.87. The molecule has 1 amide bonds. The number of carbonyl (C=O) groups excluding carboxylic acids is 1. The van der Waals surface area contributed by atoms with E-state index in [1.54, 1.807) is 0 Å². The third-order valence-electron chi connectivity index (χ3n) is 0.974. The van der Waals surface area contributed by atoms with Crippen LogP contribution in [0.1, 0.15) is 6.92 Å². The highest BCUT2D eigenvalue weighted by Gasteiger charge is 2.08. The molecular weight excluding hydrogens is 133 g/mol. The summed E-state index contributed by atoms with van der Waals surface area (Å²) < 4.78 is 2.67. The molecule has 4 heteroatoms. The van der Waals surface area contributed by atoms with Gasteiger partial charge in [-0.2, -0.15) is 0 Å². The highest BCUT2D eigenvalue weighted by atomic mass is 32.2. The third-order valence-corrected chi connectivity index (χ3v) is 2.49. The lowest BCUT2D eigenvalue weighted by atomic mass is 10.1. The normalized spacial score (nSPS) is 26.1. The maximum absolute atomic E-state index is 10.5. The van der Waals surface area contributed by atoms with Crippen molar-refractivity contribution in [3.05, 3.63) is 10.9 Å². The van der Waals surface area contributed by atoms with Gasteiger partial charge in [0.25, 0.3) is 5.91 Å². The molecule has 2 radical (unpaired) electrons. The Kier molecular flexibility index (Phi) is 1.76. The van der Waals surface area contributed by atoms with E-state index in [-0.39, 0.29) is 16.6 Å². The van der Waals surface area contributed by atoms with E-state index in [1.165, 1.54) is 6.08 Å². The van der Waals surface area contributed by atoms with E-state index in [0.717, 1.165) is 0 Å². The van der Waals surface area contributed by atoms with Crippen LogP contribution in [-0.4, -0.2) is 19.1 Å². The van der Waals surface area contributed by atoms with Crippen LogP contribution in [0.25, 0.3) is 0 Å². The number of nitrogens with one attached hydrogen (secondary N) is 1. The first kappa shape index (κ1) is 6.61. The standard InChI is InChI=1S/C5H6BNOS/c1-2-9-4(6)3-5(8)7-9/h2-3H,1H3,(H,7,8). The van der Waals surface area contributed by atoms with Gasteiger partial charge < -0.3 is 0 Å². The Morgan fingerprint density at radius 3 is 2.78 bits per heavy atom. The van der Waals surface area contributed by atoms with Crippen LogP contribution in [0.4, 0.5) is 0 Å². The summed E-state index contributed by atoms with van der Waals surface area (Å²) in [6, 6.07) is 0. The number of carbonyl (C=O) groups is 1. The second kappa shape index (κ2) is 2.39. The van der Waals surface area contributed by atoms with Crippen molar-refractivity contribution in [2.24, 2.45) is 0 Å². The summed E-state index contributed by atoms with van der Waals surface area (Å²) in [4.78, 5) is 11.2. The molecule has 1 rings (SSSR count). The first-order valence-corrected chi connectivity index (χ1v) is 3.83. The molecular formula is C5H6BNOS. The lowest BCUT2D eigenvalue weighted by Gasteiger charge is -1.98. The molecule has 1 aliphatic rings. The zero-order chi connectivity index (χ0) is 6.85. The minimum absolute atomic E-state index is 0.0890. The average Bonchev–Trinajstić information content (AvgIpc) is 2.10. The minimum Gasteiger partial charge on any atom is -0.300 e. The third kappa shape index (κ3) is 1.24.